The van der Waals surface area contributed by atoms with Crippen molar-refractivity contribution >= 4 is 41.4 Å². The molecule has 0 aromatic rings. The maximum absolute atomic E-state index is 13.3. The molecule has 8 unspecified atom stereocenters. The van der Waals surface area contributed by atoms with Gasteiger partial charge in [0.25, 0.3) is 0 Å². The number of hydrogen-bond acceptors (Lipinski definition) is 10. The second-order valence-electron chi connectivity index (χ2n) is 12.1. The molecule has 0 aliphatic carbocycles. The summed E-state index contributed by atoms with van der Waals surface area (Å²) in [7, 11) is 0. The Morgan fingerprint density at radius 2 is 1.26 bits per heavy atom. The number of aliphatic carboxylic acids is 1. The van der Waals surface area contributed by atoms with Crippen molar-refractivity contribution < 1.29 is 48.9 Å². The maximum Gasteiger partial charge on any atom is 0.328 e. The predicted molar refractivity (Wildman–Crippen MR) is 171 cm³/mol. The molecule has 0 bridgehead atoms. The Balaban J connectivity index is 5.55. The summed E-state index contributed by atoms with van der Waals surface area (Å²) in [6.07, 6.45) is -0.971. The zero-order chi connectivity index (χ0) is 36.4. The molecular formula is C30H55N7O10. The van der Waals surface area contributed by atoms with E-state index in [-0.39, 0.29) is 12.8 Å². The van der Waals surface area contributed by atoms with Gasteiger partial charge in [-0.3, -0.25) is 28.8 Å². The molecular weight excluding hydrogens is 618 g/mol. The molecule has 0 rings (SSSR count). The van der Waals surface area contributed by atoms with Gasteiger partial charge in [-0.25, -0.2) is 4.79 Å². The van der Waals surface area contributed by atoms with Crippen molar-refractivity contribution in [3.63, 3.8) is 0 Å². The number of carboxylic acid groups (broad SMARTS) is 1. The summed E-state index contributed by atoms with van der Waals surface area (Å²) in [5.41, 5.74) is 5.52. The molecule has 17 heteroatoms. The monoisotopic (exact) mass is 673 g/mol. The van der Waals surface area contributed by atoms with Crippen molar-refractivity contribution in [2.75, 3.05) is 13.1 Å². The van der Waals surface area contributed by atoms with Crippen molar-refractivity contribution in [1.29, 1.82) is 0 Å². The first-order chi connectivity index (χ1) is 21.9. The van der Waals surface area contributed by atoms with Gasteiger partial charge in [0.15, 0.2) is 6.04 Å². The lowest BCUT2D eigenvalue weighted by atomic mass is 9.96. The summed E-state index contributed by atoms with van der Waals surface area (Å²) in [4.78, 5) is 88.2. The van der Waals surface area contributed by atoms with Crippen LogP contribution in [-0.4, -0.2) is 112 Å². The minimum atomic E-state index is -1.60. The Bertz CT molecular complexity index is 1070. The minimum Gasteiger partial charge on any atom is -0.480 e. The Morgan fingerprint density at radius 3 is 1.74 bits per heavy atom. The van der Waals surface area contributed by atoms with E-state index >= 15 is 0 Å². The van der Waals surface area contributed by atoms with Crippen molar-refractivity contribution in [3.8, 4) is 0 Å². The summed E-state index contributed by atoms with van der Waals surface area (Å²) in [5.74, 6) is -6.41. The van der Waals surface area contributed by atoms with Crippen molar-refractivity contribution in [3.05, 3.63) is 0 Å². The minimum absolute atomic E-state index is 0.117. The highest BCUT2D eigenvalue weighted by molar-refractivity contribution is 5.96. The van der Waals surface area contributed by atoms with E-state index in [2.05, 4.69) is 31.9 Å². The average Bonchev–Trinajstić information content (AvgIpc) is 2.97. The molecule has 8 atom stereocenters. The maximum atomic E-state index is 13.3. The highest BCUT2D eigenvalue weighted by atomic mass is 16.4. The third kappa shape index (κ3) is 16.5. The topological polar surface area (TPSA) is 278 Å². The molecule has 47 heavy (non-hydrogen) atoms. The van der Waals surface area contributed by atoms with Crippen LogP contribution in [0.4, 0.5) is 0 Å². The molecule has 0 spiro atoms. The molecule has 0 radical (unpaired) electrons. The normalized spacial score (nSPS) is 16.2. The second-order valence-corrected chi connectivity index (χ2v) is 12.1. The number of aliphatic hydroxyl groups excluding tert-OH is 2. The third-order valence-electron chi connectivity index (χ3n) is 7.36. The van der Waals surface area contributed by atoms with E-state index < -0.39 is 102 Å². The molecule has 0 aromatic carbocycles. The van der Waals surface area contributed by atoms with E-state index in [1.54, 1.807) is 27.7 Å². The van der Waals surface area contributed by atoms with E-state index in [0.29, 0.717) is 25.8 Å². The molecule has 0 aliphatic heterocycles. The highest BCUT2D eigenvalue weighted by Gasteiger charge is 2.33. The number of nitrogens with one attached hydrogen (secondary N) is 6. The first-order valence-corrected chi connectivity index (χ1v) is 15.9. The summed E-state index contributed by atoms with van der Waals surface area (Å²) >= 11 is 0. The van der Waals surface area contributed by atoms with Crippen molar-refractivity contribution in [2.24, 2.45) is 17.6 Å². The molecule has 270 valence electrons. The second kappa shape index (κ2) is 21.9. The lowest BCUT2D eigenvalue weighted by molar-refractivity contribution is -0.145. The van der Waals surface area contributed by atoms with Gasteiger partial charge in [0.1, 0.15) is 24.2 Å². The van der Waals surface area contributed by atoms with Crippen molar-refractivity contribution in [2.45, 2.75) is 123 Å². The Labute approximate surface area is 275 Å². The van der Waals surface area contributed by atoms with Crippen LogP contribution in [0.3, 0.4) is 0 Å². The fourth-order valence-corrected chi connectivity index (χ4v) is 4.32. The number of carbonyl (C=O) groups excluding carboxylic acids is 6. The van der Waals surface area contributed by atoms with Crippen LogP contribution in [0.2, 0.25) is 0 Å². The number of amides is 6. The summed E-state index contributed by atoms with van der Waals surface area (Å²) in [6, 6.07) is -5.97. The van der Waals surface area contributed by atoms with Crippen LogP contribution in [0.5, 0.6) is 0 Å². The molecule has 0 saturated heterocycles. The van der Waals surface area contributed by atoms with Crippen LogP contribution < -0.4 is 37.6 Å². The van der Waals surface area contributed by atoms with E-state index in [1.807, 2.05) is 0 Å². The largest absolute Gasteiger partial charge is 0.480 e. The molecule has 11 N–H and O–H groups in total. The molecule has 0 aromatic heterocycles. The van der Waals surface area contributed by atoms with Crippen LogP contribution in [-0.2, 0) is 33.6 Å². The number of carbonyl (C=O) groups is 7. The predicted octanol–water partition coefficient (Wildman–Crippen LogP) is -2.39. The van der Waals surface area contributed by atoms with Gasteiger partial charge in [-0.15, -0.1) is 0 Å². The number of aliphatic hydroxyl groups is 2. The standard InChI is InChI=1S/C30H55N7O10/c1-8-16(4)24(36-29(45)23(15(2)3)35-26(42)18(6)33-21(40)13-17(5)38)28(44)32-14-22(41)34-20(11-9-10-12-31)27(43)37-25(19(7)39)30(46)47/h15-20,23-25,38-39H,8-14,31H2,1-7H3,(H,32,44)(H,33,40)(H,34,41)(H,35,42)(H,36,45)(H,37,43)(H,46,47). The number of rotatable bonds is 22. The first kappa shape index (κ1) is 43.2. The lowest BCUT2D eigenvalue weighted by Crippen LogP contribution is -2.59. The number of carboxylic acids is 1. The van der Waals surface area contributed by atoms with Crippen LogP contribution in [0, 0.1) is 11.8 Å². The quantitative estimate of drug-likeness (QED) is 0.0542. The molecule has 17 nitrogen and oxygen atoms in total. The van der Waals surface area contributed by atoms with E-state index in [1.165, 1.54) is 20.8 Å². The van der Waals surface area contributed by atoms with Gasteiger partial charge in [0.2, 0.25) is 35.4 Å². The average molecular weight is 674 g/mol. The molecule has 0 heterocycles. The van der Waals surface area contributed by atoms with Gasteiger partial charge < -0.3 is 53.0 Å². The number of unbranched alkanes of at least 4 members (excludes halogenated alkanes) is 1. The Hall–Kier alpha value is -3.83. The van der Waals surface area contributed by atoms with Crippen LogP contribution in [0.1, 0.15) is 80.6 Å². The van der Waals surface area contributed by atoms with Crippen LogP contribution in [0.25, 0.3) is 0 Å². The van der Waals surface area contributed by atoms with Gasteiger partial charge in [0, 0.05) is 0 Å². The fraction of sp³-hybridized carbons (Fsp3) is 0.767. The smallest absolute Gasteiger partial charge is 0.328 e. The highest BCUT2D eigenvalue weighted by Crippen LogP contribution is 2.11. The van der Waals surface area contributed by atoms with Gasteiger partial charge >= 0.3 is 5.97 Å². The summed E-state index contributed by atoms with van der Waals surface area (Å²) < 4.78 is 0. The van der Waals surface area contributed by atoms with Gasteiger partial charge in [-0.05, 0) is 58.4 Å². The zero-order valence-electron chi connectivity index (χ0n) is 28.4. The van der Waals surface area contributed by atoms with E-state index in [4.69, 9.17) is 5.73 Å². The summed E-state index contributed by atoms with van der Waals surface area (Å²) in [5, 5.41) is 43.2. The van der Waals surface area contributed by atoms with E-state index in [9.17, 15) is 48.9 Å². The van der Waals surface area contributed by atoms with Crippen LogP contribution >= 0.6 is 0 Å². The lowest BCUT2D eigenvalue weighted by Gasteiger charge is -2.28. The Kier molecular flexibility index (Phi) is 20.1. The molecule has 6 amide bonds. The fourth-order valence-electron chi connectivity index (χ4n) is 4.32. The summed E-state index contributed by atoms with van der Waals surface area (Å²) in [6.45, 7) is 10.7. The zero-order valence-corrected chi connectivity index (χ0v) is 28.4. The Morgan fingerprint density at radius 1 is 0.681 bits per heavy atom. The SMILES string of the molecule is CCC(C)C(NC(=O)C(NC(=O)C(C)NC(=O)CC(C)O)C(C)C)C(=O)NCC(=O)NC(CCCCN)C(=O)NC(C(=O)O)C(C)O. The van der Waals surface area contributed by atoms with Crippen molar-refractivity contribution in [1.82, 2.24) is 31.9 Å². The molecule has 0 aliphatic rings. The first-order valence-electron chi connectivity index (χ1n) is 15.9. The van der Waals surface area contributed by atoms with Crippen LogP contribution in [0.15, 0.2) is 0 Å². The molecule has 0 saturated carbocycles. The number of hydrogen-bond donors (Lipinski definition) is 10. The third-order valence-corrected chi connectivity index (χ3v) is 7.36. The number of nitrogens with two attached hydrogens (primary N) is 1. The molecule has 0 fully saturated rings. The van der Waals surface area contributed by atoms with Gasteiger partial charge in [-0.1, -0.05) is 34.1 Å². The van der Waals surface area contributed by atoms with Gasteiger partial charge in [-0.2, -0.15) is 0 Å². The van der Waals surface area contributed by atoms with Gasteiger partial charge in [0.05, 0.1) is 25.2 Å². The van der Waals surface area contributed by atoms with E-state index in [0.717, 1.165) is 0 Å².